The van der Waals surface area contributed by atoms with Crippen LogP contribution < -0.4 is 0 Å². The first kappa shape index (κ1) is 26.4. The normalized spacial score (nSPS) is 16.8. The lowest BCUT2D eigenvalue weighted by molar-refractivity contribution is 0.657. The molecule has 0 amide bonds. The van der Waals surface area contributed by atoms with Gasteiger partial charge in [0, 0.05) is 50.9 Å². The van der Waals surface area contributed by atoms with Crippen molar-refractivity contribution in [2.45, 2.75) is 57.8 Å². The molecule has 0 N–H and O–H groups in total. The number of rotatable bonds is 2. The zero-order valence-electron chi connectivity index (χ0n) is 26.5. The topological polar surface area (TPSA) is 51.6 Å². The van der Waals surface area contributed by atoms with Crippen molar-refractivity contribution < 1.29 is 0 Å². The molecular formula is C41H34N4. The summed E-state index contributed by atoms with van der Waals surface area (Å²) in [4.78, 5) is 20.5. The van der Waals surface area contributed by atoms with Crippen molar-refractivity contribution in [2.75, 3.05) is 0 Å². The summed E-state index contributed by atoms with van der Waals surface area (Å²) in [5.74, 6) is 0. The molecule has 0 aliphatic heterocycles. The molecule has 0 saturated carbocycles. The Hall–Kier alpha value is -4.96. The van der Waals surface area contributed by atoms with Crippen molar-refractivity contribution in [3.63, 3.8) is 0 Å². The van der Waals surface area contributed by atoms with Gasteiger partial charge in [0.15, 0.2) is 0 Å². The third-order valence-corrected chi connectivity index (χ3v) is 10.8. The maximum absolute atomic E-state index is 5.23. The molecule has 0 saturated heterocycles. The van der Waals surface area contributed by atoms with E-state index in [-0.39, 0.29) is 16.2 Å². The van der Waals surface area contributed by atoms with E-state index in [0.29, 0.717) is 0 Å². The van der Waals surface area contributed by atoms with E-state index in [2.05, 4.69) is 126 Å². The molecule has 218 valence electrons. The summed E-state index contributed by atoms with van der Waals surface area (Å²) < 4.78 is 0. The summed E-state index contributed by atoms with van der Waals surface area (Å²) in [5.41, 5.74) is 17.7. The molecule has 45 heavy (non-hydrogen) atoms. The highest BCUT2D eigenvalue weighted by atomic mass is 14.8. The lowest BCUT2D eigenvalue weighted by atomic mass is 9.81. The second kappa shape index (κ2) is 8.60. The van der Waals surface area contributed by atoms with Crippen LogP contribution in [0.25, 0.3) is 56.4 Å². The lowest BCUT2D eigenvalue weighted by Crippen LogP contribution is -2.16. The van der Waals surface area contributed by atoms with Crippen molar-refractivity contribution in [3.05, 3.63) is 131 Å². The van der Waals surface area contributed by atoms with Crippen molar-refractivity contribution in [3.8, 4) is 56.4 Å². The Morgan fingerprint density at radius 2 is 0.800 bits per heavy atom. The fourth-order valence-corrected chi connectivity index (χ4v) is 8.10. The van der Waals surface area contributed by atoms with E-state index in [1.54, 1.807) is 0 Å². The summed E-state index contributed by atoms with van der Waals surface area (Å²) >= 11 is 0. The third kappa shape index (κ3) is 3.43. The minimum atomic E-state index is -0.271. The average molecular weight is 583 g/mol. The number of fused-ring (bicyclic) bond motifs is 9. The predicted molar refractivity (Wildman–Crippen MR) is 181 cm³/mol. The third-order valence-electron chi connectivity index (χ3n) is 10.8. The number of nitrogens with zero attached hydrogens (tertiary/aromatic N) is 4. The first-order valence-corrected chi connectivity index (χ1v) is 15.8. The summed E-state index contributed by atoms with van der Waals surface area (Å²) in [6.45, 7) is 13.7. The Labute approximate surface area is 264 Å². The van der Waals surface area contributed by atoms with Crippen LogP contribution in [0.3, 0.4) is 0 Å². The maximum atomic E-state index is 5.23. The quantitative estimate of drug-likeness (QED) is 0.204. The van der Waals surface area contributed by atoms with Crippen LogP contribution in [0.15, 0.2) is 97.3 Å². The van der Waals surface area contributed by atoms with Crippen molar-refractivity contribution in [2.24, 2.45) is 0 Å². The second-order valence-corrected chi connectivity index (χ2v) is 14.4. The van der Waals surface area contributed by atoms with Gasteiger partial charge >= 0.3 is 0 Å². The fraction of sp³-hybridized carbons (Fsp3) is 0.220. The Morgan fingerprint density at radius 1 is 0.400 bits per heavy atom. The fourth-order valence-electron chi connectivity index (χ4n) is 8.10. The van der Waals surface area contributed by atoms with Crippen LogP contribution in [0.2, 0.25) is 0 Å². The van der Waals surface area contributed by atoms with E-state index in [1.165, 1.54) is 44.5 Å². The van der Waals surface area contributed by atoms with Gasteiger partial charge in [-0.2, -0.15) is 0 Å². The Kier molecular flexibility index (Phi) is 5.05. The molecule has 0 bridgehead atoms. The van der Waals surface area contributed by atoms with Gasteiger partial charge in [-0.15, -0.1) is 0 Å². The zero-order valence-corrected chi connectivity index (χ0v) is 26.5. The smallest absolute Gasteiger partial charge is 0.0930 e. The van der Waals surface area contributed by atoms with E-state index < -0.39 is 0 Å². The van der Waals surface area contributed by atoms with Gasteiger partial charge < -0.3 is 0 Å². The van der Waals surface area contributed by atoms with Gasteiger partial charge in [0.2, 0.25) is 0 Å². The summed E-state index contributed by atoms with van der Waals surface area (Å²) in [6.07, 6.45) is 3.92. The highest BCUT2D eigenvalue weighted by molar-refractivity contribution is 5.83. The van der Waals surface area contributed by atoms with Gasteiger partial charge in [0.1, 0.15) is 0 Å². The molecule has 0 atom stereocenters. The van der Waals surface area contributed by atoms with Gasteiger partial charge in [0.05, 0.1) is 34.2 Å². The largest absolute Gasteiger partial charge is 0.254 e. The van der Waals surface area contributed by atoms with Crippen LogP contribution in [-0.4, -0.2) is 19.9 Å². The molecular weight excluding hydrogens is 548 g/mol. The molecule has 4 heteroatoms. The zero-order chi connectivity index (χ0) is 30.9. The lowest BCUT2D eigenvalue weighted by Gasteiger charge is -2.22. The van der Waals surface area contributed by atoms with E-state index in [0.717, 1.165) is 45.3 Å². The number of pyridine rings is 4. The van der Waals surface area contributed by atoms with Crippen LogP contribution in [0, 0.1) is 0 Å². The first-order chi connectivity index (χ1) is 21.6. The van der Waals surface area contributed by atoms with Crippen molar-refractivity contribution >= 4 is 0 Å². The van der Waals surface area contributed by atoms with Crippen LogP contribution >= 0.6 is 0 Å². The molecule has 3 aliphatic rings. The van der Waals surface area contributed by atoms with Gasteiger partial charge in [0.25, 0.3) is 0 Å². The van der Waals surface area contributed by atoms with Crippen molar-refractivity contribution in [1.82, 2.24) is 19.9 Å². The molecule has 9 rings (SSSR count). The molecule has 0 unspecified atom stereocenters. The van der Waals surface area contributed by atoms with E-state index in [4.69, 9.17) is 19.9 Å². The monoisotopic (exact) mass is 582 g/mol. The molecule has 3 aliphatic carbocycles. The molecule has 0 spiro atoms. The van der Waals surface area contributed by atoms with Crippen LogP contribution in [0.5, 0.6) is 0 Å². The predicted octanol–water partition coefficient (Wildman–Crippen LogP) is 9.52. The SMILES string of the molecule is CC1(C)c2ccccc2-c2nc(-c3cnc4c(c3)C(C)(C)c3cc(-c5ccc6c(n5)-c5ccccc5C6(C)C)cnc3-4)ccc21. The molecule has 4 nitrogen and oxygen atoms in total. The second-order valence-electron chi connectivity index (χ2n) is 14.4. The standard InChI is InChI=1S/C41H34N4/c1-39(2)27-13-9-7-11-25(27)35-29(39)15-17-33(44-35)23-19-31-37(42-21-23)38-32(41(31,5)6)20-24(22-43-38)34-18-16-30-36(45-34)26-12-8-10-14-28(26)40(30,3)4/h7-22H,1-6H3. The number of aromatic nitrogens is 4. The first-order valence-electron chi connectivity index (χ1n) is 15.8. The molecule has 6 aromatic rings. The molecule has 4 aromatic heterocycles. The van der Waals surface area contributed by atoms with E-state index >= 15 is 0 Å². The van der Waals surface area contributed by atoms with Crippen LogP contribution in [0.1, 0.15) is 74.9 Å². The minimum Gasteiger partial charge on any atom is -0.254 e. The summed E-state index contributed by atoms with van der Waals surface area (Å²) in [6, 6.07) is 30.7. The average Bonchev–Trinajstić information content (AvgIpc) is 3.53. The van der Waals surface area contributed by atoms with E-state index in [9.17, 15) is 0 Å². The minimum absolute atomic E-state index is 0.0616. The van der Waals surface area contributed by atoms with Gasteiger partial charge in [-0.1, -0.05) is 102 Å². The molecule has 0 radical (unpaired) electrons. The molecule has 4 heterocycles. The van der Waals surface area contributed by atoms with E-state index in [1.807, 2.05) is 12.4 Å². The number of hydrogen-bond acceptors (Lipinski definition) is 4. The number of benzene rings is 2. The van der Waals surface area contributed by atoms with Crippen molar-refractivity contribution in [1.29, 1.82) is 0 Å². The Bertz CT molecular complexity index is 2100. The van der Waals surface area contributed by atoms with Gasteiger partial charge in [-0.25, -0.2) is 9.97 Å². The number of hydrogen-bond donors (Lipinski definition) is 0. The Balaban J connectivity index is 1.11. The molecule has 0 fully saturated rings. The highest BCUT2D eigenvalue weighted by Crippen LogP contribution is 2.51. The summed E-state index contributed by atoms with van der Waals surface area (Å²) in [7, 11) is 0. The maximum Gasteiger partial charge on any atom is 0.0930 e. The molecule has 2 aromatic carbocycles. The van der Waals surface area contributed by atoms with Crippen LogP contribution in [-0.2, 0) is 16.2 Å². The highest BCUT2D eigenvalue weighted by Gasteiger charge is 2.40. The summed E-state index contributed by atoms with van der Waals surface area (Å²) in [5, 5.41) is 0. The van der Waals surface area contributed by atoms with Crippen LogP contribution in [0.4, 0.5) is 0 Å². The van der Waals surface area contributed by atoms with Gasteiger partial charge in [-0.3, -0.25) is 9.97 Å². The Morgan fingerprint density at radius 3 is 1.24 bits per heavy atom. The van der Waals surface area contributed by atoms with Gasteiger partial charge in [-0.05, 0) is 57.6 Å².